The lowest BCUT2D eigenvalue weighted by Crippen LogP contribution is -2.16. The van der Waals surface area contributed by atoms with Crippen LogP contribution in [0.25, 0.3) is 0 Å². The van der Waals surface area contributed by atoms with E-state index in [0.29, 0.717) is 29.5 Å². The molecule has 0 unspecified atom stereocenters. The molecule has 0 bridgehead atoms. The van der Waals surface area contributed by atoms with Gasteiger partial charge in [0.05, 0.1) is 18.7 Å². The molecule has 0 aliphatic rings. The van der Waals surface area contributed by atoms with Gasteiger partial charge in [0, 0.05) is 6.07 Å². The Morgan fingerprint density at radius 1 is 1.09 bits per heavy atom. The van der Waals surface area contributed by atoms with Gasteiger partial charge in [0.1, 0.15) is 11.5 Å². The Hall–Kier alpha value is -0.740. The average Bonchev–Trinajstić information content (AvgIpc) is 2.45. The van der Waals surface area contributed by atoms with Crippen molar-refractivity contribution in [3.05, 3.63) is 23.2 Å². The zero-order chi connectivity index (χ0) is 16.4. The minimum Gasteiger partial charge on any atom is -0.811 e. The van der Waals surface area contributed by atoms with Crippen molar-refractivity contribution >= 4 is 19.2 Å². The number of unbranched alkanes of at least 4 members (excludes halogenated alkanes) is 5. The lowest BCUT2D eigenvalue weighted by molar-refractivity contribution is -0.313. The predicted molar refractivity (Wildman–Crippen MR) is 83.7 cm³/mol. The molecule has 0 saturated heterocycles. The van der Waals surface area contributed by atoms with Gasteiger partial charge in [-0.05, 0) is 31.1 Å². The van der Waals surface area contributed by atoms with E-state index >= 15 is 0 Å². The average molecular weight is 349 g/mol. The number of hydrogen-bond donors (Lipinski definition) is 0. The van der Waals surface area contributed by atoms with E-state index in [1.54, 1.807) is 25.3 Å². The third-order valence-electron chi connectivity index (χ3n) is 3.22. The van der Waals surface area contributed by atoms with Crippen LogP contribution < -0.4 is 19.3 Å². The van der Waals surface area contributed by atoms with E-state index < -0.39 is 7.60 Å². The highest BCUT2D eigenvalue weighted by Gasteiger charge is 2.03. The molecule has 0 aliphatic heterocycles. The van der Waals surface area contributed by atoms with E-state index in [1.807, 2.05) is 0 Å². The smallest absolute Gasteiger partial charge is 0.138 e. The van der Waals surface area contributed by atoms with Gasteiger partial charge in [-0.2, -0.15) is 0 Å². The highest BCUT2D eigenvalue weighted by Crippen LogP contribution is 2.29. The van der Waals surface area contributed by atoms with Gasteiger partial charge in [0.2, 0.25) is 0 Å². The Morgan fingerprint density at radius 3 is 2.32 bits per heavy atom. The lowest BCUT2D eigenvalue weighted by Gasteiger charge is -2.29. The fourth-order valence-corrected chi connectivity index (χ4v) is 2.86. The van der Waals surface area contributed by atoms with Crippen molar-refractivity contribution in [1.29, 1.82) is 0 Å². The Bertz CT molecular complexity index is 489. The summed E-state index contributed by atoms with van der Waals surface area (Å²) in [6.45, 7) is 0.586. The van der Waals surface area contributed by atoms with Crippen molar-refractivity contribution < 1.29 is 23.8 Å². The van der Waals surface area contributed by atoms with Crippen LogP contribution in [0.15, 0.2) is 18.2 Å². The van der Waals surface area contributed by atoms with Crippen molar-refractivity contribution in [2.45, 2.75) is 38.5 Å². The molecule has 22 heavy (non-hydrogen) atoms. The minimum absolute atomic E-state index is 0.230. The third kappa shape index (κ3) is 8.64. The van der Waals surface area contributed by atoms with E-state index in [9.17, 15) is 14.4 Å². The number of hydrogen-bond acceptors (Lipinski definition) is 5. The van der Waals surface area contributed by atoms with Gasteiger partial charge < -0.3 is 23.8 Å². The number of methoxy groups -OCH3 is 1. The topological polar surface area (TPSA) is 81.7 Å². The molecule has 0 aromatic heterocycles. The second-order valence-corrected chi connectivity index (χ2v) is 7.18. The Kier molecular flexibility index (Phi) is 8.88. The van der Waals surface area contributed by atoms with Crippen LogP contribution in [0.1, 0.15) is 38.5 Å². The first-order valence-corrected chi connectivity index (χ1v) is 9.50. The van der Waals surface area contributed by atoms with Crippen molar-refractivity contribution in [2.24, 2.45) is 0 Å². The molecule has 0 N–H and O–H groups in total. The maximum absolute atomic E-state index is 10.4. The van der Waals surface area contributed by atoms with E-state index in [1.165, 1.54) is 0 Å². The van der Waals surface area contributed by atoms with Gasteiger partial charge >= 0.3 is 0 Å². The van der Waals surface area contributed by atoms with Crippen molar-refractivity contribution in [2.75, 3.05) is 19.9 Å². The van der Waals surface area contributed by atoms with Crippen LogP contribution in [0.5, 0.6) is 11.5 Å². The Labute approximate surface area is 136 Å². The molecule has 1 rings (SSSR count). The molecule has 1 aromatic rings. The van der Waals surface area contributed by atoms with Crippen LogP contribution in [-0.2, 0) is 4.57 Å². The molecule has 0 atom stereocenters. The molecule has 0 fully saturated rings. The second kappa shape index (κ2) is 10.1. The molecule has 1 aromatic carbocycles. The fourth-order valence-electron chi connectivity index (χ4n) is 2.02. The number of halogens is 1. The Balaban J connectivity index is 2.05. The van der Waals surface area contributed by atoms with Crippen LogP contribution in [-0.4, -0.2) is 19.9 Å². The molecule has 0 heterocycles. The summed E-state index contributed by atoms with van der Waals surface area (Å²) in [6.07, 6.45) is 4.85. The number of ether oxygens (including phenoxy) is 2. The minimum atomic E-state index is -4.32. The third-order valence-corrected chi connectivity index (χ3v) is 4.38. The zero-order valence-electron chi connectivity index (χ0n) is 12.8. The summed E-state index contributed by atoms with van der Waals surface area (Å²) in [5, 5.41) is 0.527. The molecular formula is C15H22ClO5P-2. The summed E-state index contributed by atoms with van der Waals surface area (Å²) in [4.78, 5) is 20.9. The second-order valence-electron chi connectivity index (χ2n) is 5.10. The first-order chi connectivity index (χ1) is 10.4. The van der Waals surface area contributed by atoms with Gasteiger partial charge in [-0.1, -0.05) is 44.9 Å². The molecule has 0 spiro atoms. The molecule has 5 nitrogen and oxygen atoms in total. The molecule has 7 heteroatoms. The number of benzene rings is 1. The Morgan fingerprint density at radius 2 is 1.73 bits per heavy atom. The van der Waals surface area contributed by atoms with Gasteiger partial charge in [-0.25, -0.2) is 0 Å². The first kappa shape index (κ1) is 19.3. The summed E-state index contributed by atoms with van der Waals surface area (Å²) < 4.78 is 21.1. The first-order valence-electron chi connectivity index (χ1n) is 7.40. The molecular weight excluding hydrogens is 327 g/mol. The quantitative estimate of drug-likeness (QED) is 0.453. The SMILES string of the molecule is COc1ccc(OCCCCCCCCP(=O)([O-])[O-])c(Cl)c1. The van der Waals surface area contributed by atoms with Crippen LogP contribution in [0.4, 0.5) is 0 Å². The van der Waals surface area contributed by atoms with E-state index in [2.05, 4.69) is 0 Å². The van der Waals surface area contributed by atoms with Gasteiger partial charge in [-0.15, -0.1) is 0 Å². The summed E-state index contributed by atoms with van der Waals surface area (Å²) in [6, 6.07) is 5.29. The fraction of sp³-hybridized carbons (Fsp3) is 0.600. The van der Waals surface area contributed by atoms with Crippen LogP contribution in [0.3, 0.4) is 0 Å². The van der Waals surface area contributed by atoms with Crippen molar-refractivity contribution in [1.82, 2.24) is 0 Å². The normalized spacial score (nSPS) is 11.5. The molecule has 0 amide bonds. The predicted octanol–water partition coefficient (Wildman–Crippen LogP) is 2.98. The van der Waals surface area contributed by atoms with Gasteiger partial charge in [0.25, 0.3) is 0 Å². The largest absolute Gasteiger partial charge is 0.811 e. The number of rotatable bonds is 11. The summed E-state index contributed by atoms with van der Waals surface area (Å²) in [7, 11) is -2.74. The monoisotopic (exact) mass is 348 g/mol. The van der Waals surface area contributed by atoms with Crippen LogP contribution >= 0.6 is 19.2 Å². The van der Waals surface area contributed by atoms with E-state index in [4.69, 9.17) is 21.1 Å². The van der Waals surface area contributed by atoms with Gasteiger partial charge in [-0.3, -0.25) is 0 Å². The highest BCUT2D eigenvalue weighted by atomic mass is 35.5. The standard InChI is InChI=1S/C15H24ClO5P/c1-20-13-8-9-15(14(16)12-13)21-10-6-4-2-3-5-7-11-22(17,18)19/h8-9,12H,2-7,10-11H2,1H3,(H2,17,18,19)/p-2. The molecule has 126 valence electrons. The molecule has 0 aliphatic carbocycles. The summed E-state index contributed by atoms with van der Waals surface area (Å²) in [5.74, 6) is 1.34. The lowest BCUT2D eigenvalue weighted by atomic mass is 10.1. The molecule has 0 radical (unpaired) electrons. The maximum Gasteiger partial charge on any atom is 0.138 e. The van der Waals surface area contributed by atoms with Crippen molar-refractivity contribution in [3.63, 3.8) is 0 Å². The van der Waals surface area contributed by atoms with E-state index in [-0.39, 0.29) is 6.16 Å². The highest BCUT2D eigenvalue weighted by molar-refractivity contribution is 7.48. The van der Waals surface area contributed by atoms with Crippen molar-refractivity contribution in [3.8, 4) is 11.5 Å². The van der Waals surface area contributed by atoms with Crippen LogP contribution in [0.2, 0.25) is 5.02 Å². The molecule has 0 saturated carbocycles. The summed E-state index contributed by atoms with van der Waals surface area (Å²) in [5.41, 5.74) is 0. The maximum atomic E-state index is 10.4. The van der Waals surface area contributed by atoms with Crippen LogP contribution in [0, 0.1) is 0 Å². The zero-order valence-corrected chi connectivity index (χ0v) is 14.4. The van der Waals surface area contributed by atoms with E-state index in [0.717, 1.165) is 32.1 Å². The summed E-state index contributed by atoms with van der Waals surface area (Å²) >= 11 is 6.06. The van der Waals surface area contributed by atoms with Gasteiger partial charge in [0.15, 0.2) is 0 Å².